The van der Waals surface area contributed by atoms with Crippen LogP contribution in [0.5, 0.6) is 0 Å². The first-order valence-corrected chi connectivity index (χ1v) is 11.7. The Balaban J connectivity index is 1.31. The predicted molar refractivity (Wildman–Crippen MR) is 149 cm³/mol. The third-order valence-corrected chi connectivity index (χ3v) is 6.36. The van der Waals surface area contributed by atoms with Crippen LogP contribution in [0.15, 0.2) is 92.4 Å². The van der Waals surface area contributed by atoms with Crippen LogP contribution in [0, 0.1) is 0 Å². The van der Waals surface area contributed by atoms with Gasteiger partial charge in [-0.3, -0.25) is 4.98 Å². The molecule has 0 aromatic carbocycles. The number of nitrogens with zero attached hydrogens (tertiary/aromatic N) is 5. The van der Waals surface area contributed by atoms with Gasteiger partial charge in [0, 0.05) is 30.4 Å². The molecule has 0 saturated carbocycles. The highest BCUT2D eigenvalue weighted by Gasteiger charge is 2.13. The molecular weight excluding hydrogens is 442 g/mol. The van der Waals surface area contributed by atoms with Crippen molar-refractivity contribution in [3.63, 3.8) is 0 Å². The van der Waals surface area contributed by atoms with Crippen molar-refractivity contribution in [1.82, 2.24) is 24.3 Å². The van der Waals surface area contributed by atoms with Gasteiger partial charge in [0.1, 0.15) is 5.69 Å². The quantitative estimate of drug-likeness (QED) is 0.259. The third-order valence-electron chi connectivity index (χ3n) is 6.36. The Morgan fingerprint density at radius 2 is 1.28 bits per heavy atom. The van der Waals surface area contributed by atoms with Crippen molar-refractivity contribution in [3.8, 4) is 33.8 Å². The second kappa shape index (κ2) is 8.96. The molecule has 0 spiro atoms. The molecular formula is C31H23N5. The van der Waals surface area contributed by atoms with Gasteiger partial charge in [0.2, 0.25) is 0 Å². The zero-order valence-corrected chi connectivity index (χ0v) is 19.6. The number of hydrogen-bond donors (Lipinski definition) is 0. The lowest BCUT2D eigenvalue weighted by molar-refractivity contribution is 1.08. The summed E-state index contributed by atoms with van der Waals surface area (Å²) < 4.78 is 4.06. The van der Waals surface area contributed by atoms with Gasteiger partial charge >= 0.3 is 0 Å². The van der Waals surface area contributed by atoms with Gasteiger partial charge in [0.05, 0.1) is 29.0 Å². The molecule has 6 aliphatic rings. The molecule has 0 amide bonds. The van der Waals surface area contributed by atoms with E-state index in [0.717, 1.165) is 45.2 Å². The molecule has 4 heterocycles. The van der Waals surface area contributed by atoms with E-state index in [-0.39, 0.29) is 0 Å². The maximum Gasteiger partial charge on any atom is 0.113 e. The molecule has 2 aliphatic carbocycles. The third kappa shape index (κ3) is 3.73. The first-order valence-electron chi connectivity index (χ1n) is 11.7. The minimum atomic E-state index is 0.756. The summed E-state index contributed by atoms with van der Waals surface area (Å²) in [5.74, 6) is 0. The summed E-state index contributed by atoms with van der Waals surface area (Å²) in [6.45, 7) is 7.84. The molecule has 4 aliphatic heterocycles. The molecule has 5 nitrogen and oxygen atoms in total. The molecule has 0 atom stereocenters. The highest BCUT2D eigenvalue weighted by Crippen LogP contribution is 2.31. The van der Waals surface area contributed by atoms with Crippen molar-refractivity contribution in [2.75, 3.05) is 0 Å². The van der Waals surface area contributed by atoms with E-state index in [2.05, 4.69) is 76.9 Å². The van der Waals surface area contributed by atoms with Gasteiger partial charge in [-0.2, -0.15) is 0 Å². The number of pyridine rings is 2. The van der Waals surface area contributed by atoms with Crippen LogP contribution in [0.3, 0.4) is 0 Å². The lowest BCUT2D eigenvalue weighted by atomic mass is 10.1. The van der Waals surface area contributed by atoms with E-state index < -0.39 is 0 Å². The Kier molecular flexibility index (Phi) is 5.35. The van der Waals surface area contributed by atoms with Gasteiger partial charge in [0.25, 0.3) is 0 Å². The van der Waals surface area contributed by atoms with E-state index >= 15 is 0 Å². The van der Waals surface area contributed by atoms with Crippen molar-refractivity contribution in [3.05, 3.63) is 115 Å². The summed E-state index contributed by atoms with van der Waals surface area (Å²) in [5, 5.41) is 8.73. The van der Waals surface area contributed by atoms with Gasteiger partial charge in [-0.25, -0.2) is 0 Å². The van der Waals surface area contributed by atoms with Crippen molar-refractivity contribution >= 4 is 36.7 Å². The summed E-state index contributed by atoms with van der Waals surface area (Å²) in [6, 6.07) is 20.7. The first-order chi connectivity index (χ1) is 17.7. The highest BCUT2D eigenvalue weighted by atomic mass is 15.1. The molecule has 0 radical (unpaired) electrons. The maximum absolute atomic E-state index is 4.62. The second-order valence-electron chi connectivity index (χ2n) is 8.45. The molecule has 0 saturated heterocycles. The van der Waals surface area contributed by atoms with Gasteiger partial charge in [-0.15, -0.1) is 10.2 Å². The Bertz CT molecular complexity index is 1680. The number of rotatable bonds is 6. The van der Waals surface area contributed by atoms with E-state index in [1.165, 1.54) is 11.1 Å². The Labute approximate surface area is 209 Å². The van der Waals surface area contributed by atoms with E-state index in [0.29, 0.717) is 0 Å². The molecule has 6 rings (SSSR count). The SMILES string of the molecule is C=Cn1cccc2ccc(/C=C/c3ccc4c(/C=C/c5ccc6cccn(C=C)c5-6)nnc-4cn3)c1-2. The van der Waals surface area contributed by atoms with Crippen molar-refractivity contribution in [1.29, 1.82) is 0 Å². The minimum Gasteiger partial charge on any atom is -0.323 e. The average Bonchev–Trinajstić information content (AvgIpc) is 3.60. The van der Waals surface area contributed by atoms with Crippen LogP contribution in [0.4, 0.5) is 0 Å². The Morgan fingerprint density at radius 3 is 1.92 bits per heavy atom. The number of fused-ring (bicyclic) bond motifs is 3. The standard InChI is InChI=1S/C31H23N5/c1-3-35-19-5-7-22-9-11-24(30(22)35)13-15-26-16-17-27-28(33-34-29(27)21-32-26)18-14-25-12-10-23-8-6-20-36(4-2)31(23)25/h3-21H,1-2H2/b15-13+,18-14+. The highest BCUT2D eigenvalue weighted by molar-refractivity contribution is 5.85. The lowest BCUT2D eigenvalue weighted by Gasteiger charge is -2.08. The molecule has 0 aromatic heterocycles. The summed E-state index contributed by atoms with van der Waals surface area (Å²) in [5.41, 5.74) is 10.1. The molecule has 0 bridgehead atoms. The summed E-state index contributed by atoms with van der Waals surface area (Å²) in [7, 11) is 0. The molecule has 172 valence electrons. The molecule has 0 aromatic rings. The second-order valence-corrected chi connectivity index (χ2v) is 8.45. The normalized spacial score (nSPS) is 11.9. The molecule has 0 fully saturated rings. The number of aromatic nitrogens is 5. The molecule has 0 unspecified atom stereocenters. The molecule has 0 N–H and O–H groups in total. The topological polar surface area (TPSA) is 48.5 Å². The van der Waals surface area contributed by atoms with Crippen LogP contribution in [-0.4, -0.2) is 24.3 Å². The zero-order chi connectivity index (χ0) is 24.5. The monoisotopic (exact) mass is 465 g/mol. The number of hydrogen-bond acceptors (Lipinski definition) is 3. The van der Waals surface area contributed by atoms with Crippen LogP contribution in [0.2, 0.25) is 0 Å². The minimum absolute atomic E-state index is 0.756. The zero-order valence-electron chi connectivity index (χ0n) is 19.6. The molecule has 5 heteroatoms. The van der Waals surface area contributed by atoms with Crippen LogP contribution in [-0.2, 0) is 0 Å². The Hall–Kier alpha value is -5.03. The lowest BCUT2D eigenvalue weighted by Crippen LogP contribution is -1.93. The van der Waals surface area contributed by atoms with Crippen LogP contribution < -0.4 is 0 Å². The largest absolute Gasteiger partial charge is 0.323 e. The van der Waals surface area contributed by atoms with Gasteiger partial charge in [-0.1, -0.05) is 61.7 Å². The van der Waals surface area contributed by atoms with Crippen molar-refractivity contribution < 1.29 is 0 Å². The predicted octanol–water partition coefficient (Wildman–Crippen LogP) is 7.33. The van der Waals surface area contributed by atoms with Gasteiger partial charge in [-0.05, 0) is 58.7 Å². The fraction of sp³-hybridized carbons (Fsp3) is 0. The summed E-state index contributed by atoms with van der Waals surface area (Å²) in [6.07, 6.45) is 17.6. The van der Waals surface area contributed by atoms with Crippen LogP contribution in [0.1, 0.15) is 22.5 Å². The van der Waals surface area contributed by atoms with Gasteiger partial charge in [0.15, 0.2) is 0 Å². The summed E-state index contributed by atoms with van der Waals surface area (Å²) >= 11 is 0. The van der Waals surface area contributed by atoms with Gasteiger partial charge < -0.3 is 9.13 Å². The fourth-order valence-electron chi connectivity index (χ4n) is 4.60. The van der Waals surface area contributed by atoms with E-state index in [1.807, 2.05) is 70.3 Å². The average molecular weight is 466 g/mol. The van der Waals surface area contributed by atoms with E-state index in [4.69, 9.17) is 0 Å². The smallest absolute Gasteiger partial charge is 0.113 e. The van der Waals surface area contributed by atoms with Crippen molar-refractivity contribution in [2.45, 2.75) is 0 Å². The van der Waals surface area contributed by atoms with Crippen LogP contribution in [0.25, 0.3) is 70.5 Å². The Morgan fingerprint density at radius 1 is 0.639 bits per heavy atom. The molecule has 36 heavy (non-hydrogen) atoms. The van der Waals surface area contributed by atoms with Crippen molar-refractivity contribution in [2.24, 2.45) is 0 Å². The van der Waals surface area contributed by atoms with E-state index in [1.54, 1.807) is 6.20 Å². The van der Waals surface area contributed by atoms with Crippen LogP contribution >= 0.6 is 0 Å². The maximum atomic E-state index is 4.62. The summed E-state index contributed by atoms with van der Waals surface area (Å²) in [4.78, 5) is 4.62. The first kappa shape index (κ1) is 21.5. The fourth-order valence-corrected chi connectivity index (χ4v) is 4.60. The van der Waals surface area contributed by atoms with E-state index in [9.17, 15) is 0 Å².